The van der Waals surface area contributed by atoms with Gasteiger partial charge < -0.3 is 14.0 Å². The molecule has 15 rings (SSSR count). The number of aromatic nitrogens is 2. The molecule has 2 heterocycles. The van der Waals surface area contributed by atoms with Gasteiger partial charge in [0, 0.05) is 60.8 Å². The highest BCUT2D eigenvalue weighted by Crippen LogP contribution is 2.54. The number of hydrogen-bond donors (Lipinski definition) is 0. The van der Waals surface area contributed by atoms with E-state index in [0.29, 0.717) is 0 Å². The van der Waals surface area contributed by atoms with Crippen LogP contribution in [0.25, 0.3) is 99.5 Å². The summed E-state index contributed by atoms with van der Waals surface area (Å²) in [7, 11) is 0. The Morgan fingerprint density at radius 2 is 0.667 bits per heavy atom. The lowest BCUT2D eigenvalue weighted by Gasteiger charge is -2.30. The maximum Gasteiger partial charge on any atom is 0.0542 e. The van der Waals surface area contributed by atoms with E-state index in [1.54, 1.807) is 0 Å². The molecule has 0 radical (unpaired) electrons. The van der Waals surface area contributed by atoms with Crippen molar-refractivity contribution in [1.29, 1.82) is 0 Å². The van der Waals surface area contributed by atoms with Crippen molar-refractivity contribution in [2.75, 3.05) is 4.90 Å². The summed E-state index contributed by atoms with van der Waals surface area (Å²) >= 11 is 0. The zero-order valence-corrected chi connectivity index (χ0v) is 42.5. The monoisotopic (exact) mass is 959 g/mol. The fourth-order valence-electron chi connectivity index (χ4n) is 13.1. The van der Waals surface area contributed by atoms with Crippen LogP contribution in [0, 0.1) is 0 Å². The molecule has 0 unspecified atom stereocenters. The van der Waals surface area contributed by atoms with Gasteiger partial charge in [0.05, 0.1) is 22.1 Å². The minimum absolute atomic E-state index is 0.142. The second-order valence-corrected chi connectivity index (χ2v) is 21.7. The fraction of sp³-hybridized carbons (Fsp3) is 0.0833. The second-order valence-electron chi connectivity index (χ2n) is 21.7. The van der Waals surface area contributed by atoms with E-state index >= 15 is 0 Å². The topological polar surface area (TPSA) is 13.1 Å². The Kier molecular flexibility index (Phi) is 9.35. The normalized spacial score (nSPS) is 13.8. The van der Waals surface area contributed by atoms with Crippen LogP contribution in [0.15, 0.2) is 249 Å². The van der Waals surface area contributed by atoms with Gasteiger partial charge in [0.2, 0.25) is 0 Å². The number of fused-ring (bicyclic) bond motifs is 12. The highest BCUT2D eigenvalue weighted by Gasteiger charge is 2.38. The van der Waals surface area contributed by atoms with Crippen LogP contribution in [0.3, 0.4) is 0 Å². The number of para-hydroxylation sites is 3. The Labute approximate surface area is 437 Å². The van der Waals surface area contributed by atoms with Crippen molar-refractivity contribution in [2.24, 2.45) is 0 Å². The van der Waals surface area contributed by atoms with E-state index in [4.69, 9.17) is 0 Å². The van der Waals surface area contributed by atoms with Crippen molar-refractivity contribution in [1.82, 2.24) is 9.13 Å². The summed E-state index contributed by atoms with van der Waals surface area (Å²) in [4.78, 5) is 2.50. The maximum atomic E-state index is 2.50. The summed E-state index contributed by atoms with van der Waals surface area (Å²) in [6.07, 6.45) is 0. The molecule has 75 heavy (non-hydrogen) atoms. The van der Waals surface area contributed by atoms with Crippen LogP contribution in [0.2, 0.25) is 0 Å². The molecular formula is C72H53N3. The van der Waals surface area contributed by atoms with Crippen LogP contribution < -0.4 is 4.90 Å². The molecule has 0 saturated heterocycles. The highest BCUT2D eigenvalue weighted by molar-refractivity contribution is 6.12. The number of anilines is 3. The van der Waals surface area contributed by atoms with Gasteiger partial charge in [-0.3, -0.25) is 0 Å². The van der Waals surface area contributed by atoms with Crippen LogP contribution in [-0.2, 0) is 10.8 Å². The molecule has 0 aliphatic heterocycles. The van der Waals surface area contributed by atoms with Gasteiger partial charge in [-0.2, -0.15) is 0 Å². The van der Waals surface area contributed by atoms with E-state index in [1.165, 1.54) is 110 Å². The lowest BCUT2D eigenvalue weighted by atomic mass is 9.81. The van der Waals surface area contributed by atoms with Gasteiger partial charge in [-0.15, -0.1) is 0 Å². The lowest BCUT2D eigenvalue weighted by Crippen LogP contribution is -2.18. The minimum Gasteiger partial charge on any atom is -0.310 e. The lowest BCUT2D eigenvalue weighted by molar-refractivity contribution is 0.660. The van der Waals surface area contributed by atoms with Gasteiger partial charge in [0.1, 0.15) is 0 Å². The number of rotatable bonds is 7. The maximum absolute atomic E-state index is 2.50. The zero-order chi connectivity index (χ0) is 50.2. The van der Waals surface area contributed by atoms with Gasteiger partial charge in [0.15, 0.2) is 0 Å². The predicted octanol–water partition coefficient (Wildman–Crippen LogP) is 19.3. The van der Waals surface area contributed by atoms with E-state index in [0.717, 1.165) is 28.4 Å². The first-order valence-electron chi connectivity index (χ1n) is 26.3. The van der Waals surface area contributed by atoms with Crippen LogP contribution in [-0.4, -0.2) is 9.13 Å². The summed E-state index contributed by atoms with van der Waals surface area (Å²) in [6, 6.07) is 92.6. The van der Waals surface area contributed by atoms with E-state index < -0.39 is 0 Å². The number of benzene rings is 11. The molecule has 13 aromatic rings. The molecule has 0 amide bonds. The molecule has 356 valence electrons. The molecule has 2 aliphatic rings. The molecule has 0 spiro atoms. The molecule has 0 atom stereocenters. The average molecular weight is 960 g/mol. The summed E-state index contributed by atoms with van der Waals surface area (Å²) in [5, 5.41) is 4.98. The van der Waals surface area contributed by atoms with Crippen molar-refractivity contribution < 1.29 is 0 Å². The number of nitrogens with zero attached hydrogens (tertiary/aromatic N) is 3. The fourth-order valence-corrected chi connectivity index (χ4v) is 13.1. The SMILES string of the molecule is CC1(C)c2ccccc2-c2ccc(N(c3ccc4c(c3)C(C)(C)c3cc(-c5ccc6c(c5)c5ccccc5n6-c5ccc(-c6ccccc6)cc5)ccc3-4)c3ccc4c(c3)c3ccccc3n4-c3ccccc3)cc21. The summed E-state index contributed by atoms with van der Waals surface area (Å²) in [6.45, 7) is 9.58. The summed E-state index contributed by atoms with van der Waals surface area (Å²) in [5.74, 6) is 0. The van der Waals surface area contributed by atoms with Crippen LogP contribution in [0.4, 0.5) is 17.1 Å². The van der Waals surface area contributed by atoms with Crippen LogP contribution in [0.5, 0.6) is 0 Å². The number of hydrogen-bond acceptors (Lipinski definition) is 1. The minimum atomic E-state index is -0.261. The first-order chi connectivity index (χ1) is 36.7. The van der Waals surface area contributed by atoms with E-state index in [-0.39, 0.29) is 10.8 Å². The summed E-state index contributed by atoms with van der Waals surface area (Å²) in [5.41, 5.74) is 25.7. The van der Waals surface area contributed by atoms with Crippen molar-refractivity contribution >= 4 is 60.7 Å². The highest BCUT2D eigenvalue weighted by atomic mass is 15.1. The Bertz CT molecular complexity index is 4450. The second kappa shape index (κ2) is 16.2. The predicted molar refractivity (Wildman–Crippen MR) is 316 cm³/mol. The Morgan fingerprint density at radius 1 is 0.267 bits per heavy atom. The Morgan fingerprint density at radius 3 is 1.32 bits per heavy atom. The molecule has 0 bridgehead atoms. The van der Waals surface area contributed by atoms with Gasteiger partial charge in [-0.1, -0.05) is 179 Å². The van der Waals surface area contributed by atoms with Crippen LogP contribution in [0.1, 0.15) is 49.9 Å². The molecule has 0 saturated carbocycles. The standard InChI is InChI=1S/C72H53N3/c1-71(2)63-24-14-11-21-55(63)57-37-33-53(44-65(57)71)73(52-35-40-70-62(43-52)60-23-13-16-26-68(60)74(70)50-19-9-6-10-20-50)54-34-38-58-56-36-29-49(42-64(56)72(3,4)66(58)45-54)48-30-39-69-61(41-48)59-22-12-15-25-67(59)75(69)51-31-27-47(28-32-51)46-17-7-5-8-18-46/h5-45H,1-4H3. The van der Waals surface area contributed by atoms with E-state index in [1.807, 2.05) is 0 Å². The molecule has 0 N–H and O–H groups in total. The first kappa shape index (κ1) is 43.4. The smallest absolute Gasteiger partial charge is 0.0542 e. The van der Waals surface area contributed by atoms with Crippen molar-refractivity contribution in [3.05, 3.63) is 271 Å². The van der Waals surface area contributed by atoms with Crippen molar-refractivity contribution in [3.63, 3.8) is 0 Å². The van der Waals surface area contributed by atoms with Gasteiger partial charge in [-0.25, -0.2) is 0 Å². The van der Waals surface area contributed by atoms with Gasteiger partial charge in [-0.05, 0) is 164 Å². The molecule has 0 fully saturated rings. The van der Waals surface area contributed by atoms with Gasteiger partial charge >= 0.3 is 0 Å². The Hall–Kier alpha value is -9.18. The zero-order valence-electron chi connectivity index (χ0n) is 42.5. The van der Waals surface area contributed by atoms with Crippen molar-refractivity contribution in [3.8, 4) is 55.9 Å². The quantitative estimate of drug-likeness (QED) is 0.155. The molecule has 11 aromatic carbocycles. The third-order valence-corrected chi connectivity index (χ3v) is 16.9. The molecule has 2 aromatic heterocycles. The Balaban J connectivity index is 0.841. The third kappa shape index (κ3) is 6.47. The molecule has 3 heteroatoms. The van der Waals surface area contributed by atoms with E-state index in [9.17, 15) is 0 Å². The molecule has 3 nitrogen and oxygen atoms in total. The molecule has 2 aliphatic carbocycles. The third-order valence-electron chi connectivity index (χ3n) is 16.9. The van der Waals surface area contributed by atoms with Crippen LogP contribution >= 0.6 is 0 Å². The van der Waals surface area contributed by atoms with Crippen molar-refractivity contribution in [2.45, 2.75) is 38.5 Å². The molecular weight excluding hydrogens is 907 g/mol. The van der Waals surface area contributed by atoms with E-state index in [2.05, 4.69) is 290 Å². The average Bonchev–Trinajstić information content (AvgIpc) is 4.13. The van der Waals surface area contributed by atoms with Gasteiger partial charge in [0.25, 0.3) is 0 Å². The first-order valence-corrected chi connectivity index (χ1v) is 26.3. The summed E-state index contributed by atoms with van der Waals surface area (Å²) < 4.78 is 4.82. The largest absolute Gasteiger partial charge is 0.310 e.